The van der Waals surface area contributed by atoms with Gasteiger partial charge in [0.25, 0.3) is 0 Å². The molecule has 0 aliphatic heterocycles. The fourth-order valence-electron chi connectivity index (χ4n) is 6.48. The topological polar surface area (TPSA) is 189 Å². The van der Waals surface area contributed by atoms with Crippen molar-refractivity contribution in [3.8, 4) is 0 Å². The van der Waals surface area contributed by atoms with E-state index in [2.05, 4.69) is 24.2 Å². The number of Topliss-reactive ketones (excluding diaryl/α,β-unsaturated/α-hetero) is 1. The van der Waals surface area contributed by atoms with Gasteiger partial charge in [-0.15, -0.1) is 0 Å². The Kier molecular flexibility index (Phi) is 31.6. The van der Waals surface area contributed by atoms with E-state index >= 15 is 0 Å². The van der Waals surface area contributed by atoms with Crippen LogP contribution in [0.4, 0.5) is 0 Å². The molecule has 278 valence electrons. The highest BCUT2D eigenvalue weighted by atomic mass is 16.2. The summed E-state index contributed by atoms with van der Waals surface area (Å²) in [4.78, 5) is 30.8. The second-order valence-electron chi connectivity index (χ2n) is 14.0. The standard InChI is InChI=1S/C38H79N7O2/c1-3-5-7-9-11-13-15-17-19-21-23-27-32(26-22-20-18-16-14-12-10-8-6-4-2)45-37(47)35(41)33(28-24-30-39)36(46)34(40)29-25-31-44-38(42)43/h32-35H,3-31,39-41H2,1-2H3,(H,45,47)(H4,42,43,44)/t32?,33?,34-,35-/m0/s1. The summed E-state index contributed by atoms with van der Waals surface area (Å²) < 4.78 is 0. The molecule has 1 amide bonds. The van der Waals surface area contributed by atoms with Crippen molar-refractivity contribution in [3.63, 3.8) is 0 Å². The third-order valence-electron chi connectivity index (χ3n) is 9.56. The zero-order valence-corrected chi connectivity index (χ0v) is 31.0. The molecule has 0 saturated heterocycles. The maximum Gasteiger partial charge on any atom is 0.237 e. The zero-order valence-electron chi connectivity index (χ0n) is 31.0. The lowest BCUT2D eigenvalue weighted by Gasteiger charge is -2.27. The van der Waals surface area contributed by atoms with Gasteiger partial charge >= 0.3 is 0 Å². The number of unbranched alkanes of at least 4 members (excludes halogenated alkanes) is 19. The van der Waals surface area contributed by atoms with Crippen LogP contribution in [0.1, 0.15) is 187 Å². The molecular weight excluding hydrogens is 586 g/mol. The van der Waals surface area contributed by atoms with Gasteiger partial charge in [-0.2, -0.15) is 0 Å². The van der Waals surface area contributed by atoms with E-state index in [-0.39, 0.29) is 23.7 Å². The molecule has 11 N–H and O–H groups in total. The minimum atomic E-state index is -0.939. The van der Waals surface area contributed by atoms with E-state index in [0.29, 0.717) is 38.8 Å². The van der Waals surface area contributed by atoms with Crippen molar-refractivity contribution >= 4 is 17.6 Å². The van der Waals surface area contributed by atoms with Crippen molar-refractivity contribution in [2.75, 3.05) is 13.1 Å². The molecule has 0 radical (unpaired) electrons. The van der Waals surface area contributed by atoms with Gasteiger partial charge in [-0.1, -0.05) is 149 Å². The average molecular weight is 666 g/mol. The lowest BCUT2D eigenvalue weighted by atomic mass is 9.85. The van der Waals surface area contributed by atoms with Gasteiger partial charge in [0.2, 0.25) is 5.91 Å². The first-order chi connectivity index (χ1) is 22.8. The number of amides is 1. The van der Waals surface area contributed by atoms with E-state index in [4.69, 9.17) is 28.7 Å². The number of hydrogen-bond acceptors (Lipinski definition) is 6. The first kappa shape index (κ1) is 45.3. The SMILES string of the molecule is CCCCCCCCCCCCCC(CCCCCCCCCCCC)NC(=O)[C@@H](N)C(CCCN)C(=O)[C@@H](N)CCCN=C(N)N. The summed E-state index contributed by atoms with van der Waals surface area (Å²) in [6.45, 7) is 5.36. The van der Waals surface area contributed by atoms with Gasteiger partial charge in [-0.25, -0.2) is 0 Å². The fourth-order valence-corrected chi connectivity index (χ4v) is 6.48. The molecule has 4 atom stereocenters. The number of nitrogens with one attached hydrogen (secondary N) is 1. The molecule has 0 rings (SSSR count). The van der Waals surface area contributed by atoms with E-state index in [1.54, 1.807) is 0 Å². The lowest BCUT2D eigenvalue weighted by Crippen LogP contribution is -2.53. The van der Waals surface area contributed by atoms with Crippen molar-refractivity contribution in [2.45, 2.75) is 205 Å². The highest BCUT2D eigenvalue weighted by molar-refractivity contribution is 5.93. The summed E-state index contributed by atoms with van der Waals surface area (Å²) >= 11 is 0. The molecule has 0 fully saturated rings. The highest BCUT2D eigenvalue weighted by Crippen LogP contribution is 2.19. The van der Waals surface area contributed by atoms with Crippen molar-refractivity contribution in [3.05, 3.63) is 0 Å². The van der Waals surface area contributed by atoms with Crippen LogP contribution >= 0.6 is 0 Å². The molecule has 0 aromatic carbocycles. The molecule has 0 heterocycles. The van der Waals surface area contributed by atoms with Gasteiger partial charge < -0.3 is 34.0 Å². The Balaban J connectivity index is 4.95. The molecular formula is C38H79N7O2. The molecule has 9 heteroatoms. The second-order valence-corrected chi connectivity index (χ2v) is 14.0. The largest absolute Gasteiger partial charge is 0.370 e. The van der Waals surface area contributed by atoms with Gasteiger partial charge in [-0.3, -0.25) is 14.6 Å². The predicted molar refractivity (Wildman–Crippen MR) is 202 cm³/mol. The number of hydrogen-bond donors (Lipinski definition) is 6. The Labute approximate surface area is 290 Å². The first-order valence-corrected chi connectivity index (χ1v) is 19.9. The molecule has 0 aliphatic carbocycles. The van der Waals surface area contributed by atoms with Crippen LogP contribution in [0.15, 0.2) is 4.99 Å². The Bertz CT molecular complexity index is 760. The summed E-state index contributed by atoms with van der Waals surface area (Å²) in [5.41, 5.74) is 29.3. The van der Waals surface area contributed by atoms with Crippen molar-refractivity contribution < 1.29 is 9.59 Å². The zero-order chi connectivity index (χ0) is 35.0. The Morgan fingerprint density at radius 1 is 0.574 bits per heavy atom. The molecule has 0 aromatic rings. The number of nitrogens with zero attached hydrogens (tertiary/aromatic N) is 1. The summed E-state index contributed by atoms with van der Waals surface area (Å²) in [6.07, 6.45) is 31.2. The number of guanidine groups is 1. The van der Waals surface area contributed by atoms with Crippen LogP contribution in [-0.2, 0) is 9.59 Å². The molecule has 0 aliphatic rings. The maximum absolute atomic E-state index is 13.5. The van der Waals surface area contributed by atoms with Gasteiger partial charge in [0.1, 0.15) is 0 Å². The third kappa shape index (κ3) is 26.9. The monoisotopic (exact) mass is 666 g/mol. The minimum absolute atomic E-state index is 0.0185. The fraction of sp³-hybridized carbons (Fsp3) is 0.921. The smallest absolute Gasteiger partial charge is 0.237 e. The van der Waals surface area contributed by atoms with Gasteiger partial charge in [0.05, 0.1) is 12.1 Å². The lowest BCUT2D eigenvalue weighted by molar-refractivity contribution is -0.132. The average Bonchev–Trinajstić information content (AvgIpc) is 3.05. The van der Waals surface area contributed by atoms with Crippen LogP contribution in [0, 0.1) is 5.92 Å². The summed E-state index contributed by atoms with van der Waals surface area (Å²) in [5.74, 6) is -1.06. The molecule has 9 nitrogen and oxygen atoms in total. The van der Waals surface area contributed by atoms with Gasteiger partial charge in [-0.05, 0) is 45.1 Å². The number of carbonyl (C=O) groups is 2. The second kappa shape index (κ2) is 32.8. The van der Waals surface area contributed by atoms with Crippen LogP contribution in [0.3, 0.4) is 0 Å². The van der Waals surface area contributed by atoms with E-state index in [9.17, 15) is 9.59 Å². The van der Waals surface area contributed by atoms with Crippen molar-refractivity contribution in [1.29, 1.82) is 0 Å². The summed E-state index contributed by atoms with van der Waals surface area (Å²) in [7, 11) is 0. The van der Waals surface area contributed by atoms with Crippen LogP contribution < -0.4 is 34.0 Å². The molecule has 0 spiro atoms. The van der Waals surface area contributed by atoms with Crippen LogP contribution in [0.5, 0.6) is 0 Å². The van der Waals surface area contributed by atoms with Crippen LogP contribution in [0.25, 0.3) is 0 Å². The molecule has 47 heavy (non-hydrogen) atoms. The molecule has 2 unspecified atom stereocenters. The first-order valence-electron chi connectivity index (χ1n) is 19.9. The Morgan fingerprint density at radius 3 is 1.40 bits per heavy atom. The van der Waals surface area contributed by atoms with Crippen LogP contribution in [-0.4, -0.2) is 48.9 Å². The highest BCUT2D eigenvalue weighted by Gasteiger charge is 2.33. The van der Waals surface area contributed by atoms with Crippen LogP contribution in [0.2, 0.25) is 0 Å². The van der Waals surface area contributed by atoms with E-state index in [0.717, 1.165) is 25.7 Å². The maximum atomic E-state index is 13.5. The number of carbonyl (C=O) groups excluding carboxylic acids is 2. The quantitative estimate of drug-likeness (QED) is 0.0236. The summed E-state index contributed by atoms with van der Waals surface area (Å²) in [6, 6.07) is -1.57. The minimum Gasteiger partial charge on any atom is -0.370 e. The van der Waals surface area contributed by atoms with Crippen molar-refractivity contribution in [1.82, 2.24) is 5.32 Å². The number of aliphatic imine (C=N–C) groups is 1. The normalized spacial score (nSPS) is 14.0. The third-order valence-corrected chi connectivity index (χ3v) is 9.56. The number of nitrogens with two attached hydrogens (primary N) is 5. The Morgan fingerprint density at radius 2 is 1.00 bits per heavy atom. The predicted octanol–water partition coefficient (Wildman–Crippen LogP) is 7.12. The Hall–Kier alpha value is -1.71. The molecule has 0 saturated carbocycles. The van der Waals surface area contributed by atoms with E-state index in [1.165, 1.54) is 122 Å². The number of ketones is 1. The molecule has 0 aromatic heterocycles. The molecule has 0 bridgehead atoms. The number of rotatable bonds is 35. The van der Waals surface area contributed by atoms with Gasteiger partial charge in [0.15, 0.2) is 11.7 Å². The van der Waals surface area contributed by atoms with Crippen molar-refractivity contribution in [2.24, 2.45) is 39.6 Å². The summed E-state index contributed by atoms with van der Waals surface area (Å²) in [5, 5.41) is 3.26. The van der Waals surface area contributed by atoms with E-state index in [1.807, 2.05) is 0 Å². The van der Waals surface area contributed by atoms with Gasteiger partial charge in [0, 0.05) is 18.5 Å². The van der Waals surface area contributed by atoms with E-state index < -0.39 is 18.0 Å².